The third-order valence-electron chi connectivity index (χ3n) is 2.40. The van der Waals surface area contributed by atoms with Crippen molar-refractivity contribution < 1.29 is 24.5 Å². The summed E-state index contributed by atoms with van der Waals surface area (Å²) in [5, 5.41) is 18.4. The van der Waals surface area contributed by atoms with Crippen LogP contribution >= 0.6 is 15.9 Å². The molecular weight excluding hydrogens is 292 g/mol. The first kappa shape index (κ1) is 13.8. The second-order valence-electron chi connectivity index (χ2n) is 3.38. The molecule has 0 aliphatic heterocycles. The number of carbonyl (C=O) groups is 1. The summed E-state index contributed by atoms with van der Waals surface area (Å²) in [5.74, 6) is -0.577. The van der Waals surface area contributed by atoms with E-state index in [2.05, 4.69) is 15.9 Å². The lowest BCUT2D eigenvalue weighted by molar-refractivity contribution is -0.147. The molecule has 1 aromatic rings. The third kappa shape index (κ3) is 2.53. The van der Waals surface area contributed by atoms with Crippen LogP contribution in [0.5, 0.6) is 11.5 Å². The zero-order valence-electron chi connectivity index (χ0n) is 9.65. The number of ether oxygens (including phenoxy) is 2. The number of aliphatic carboxylic acids is 1. The molecular formula is C11H13BrO5. The molecule has 0 aromatic heterocycles. The van der Waals surface area contributed by atoms with Gasteiger partial charge in [-0.2, -0.15) is 0 Å². The highest BCUT2D eigenvalue weighted by atomic mass is 79.9. The van der Waals surface area contributed by atoms with Crippen molar-refractivity contribution in [1.82, 2.24) is 0 Å². The van der Waals surface area contributed by atoms with Gasteiger partial charge in [0.2, 0.25) is 0 Å². The Morgan fingerprint density at radius 3 is 2.41 bits per heavy atom. The highest BCUT2D eigenvalue weighted by molar-refractivity contribution is 9.10. The van der Waals surface area contributed by atoms with Crippen LogP contribution < -0.4 is 9.47 Å². The minimum atomic E-state index is -1.66. The van der Waals surface area contributed by atoms with E-state index in [9.17, 15) is 9.90 Å². The summed E-state index contributed by atoms with van der Waals surface area (Å²) in [6.45, 7) is 1.79. The molecule has 17 heavy (non-hydrogen) atoms. The maximum absolute atomic E-state index is 10.8. The van der Waals surface area contributed by atoms with Crippen molar-refractivity contribution >= 4 is 21.9 Å². The molecule has 1 rings (SSSR count). The number of aliphatic hydroxyl groups is 1. The zero-order chi connectivity index (χ0) is 13.2. The van der Waals surface area contributed by atoms with Crippen molar-refractivity contribution in [3.8, 4) is 11.5 Å². The predicted octanol–water partition coefficient (Wildman–Crippen LogP) is 1.89. The number of methoxy groups -OCH3 is 2. The first-order valence-electron chi connectivity index (χ1n) is 4.75. The van der Waals surface area contributed by atoms with E-state index < -0.39 is 12.1 Å². The van der Waals surface area contributed by atoms with Crippen LogP contribution in [0, 0.1) is 6.92 Å². The average Bonchev–Trinajstić information content (AvgIpc) is 2.31. The van der Waals surface area contributed by atoms with Crippen LogP contribution in [-0.4, -0.2) is 30.4 Å². The molecule has 1 atom stereocenters. The molecule has 0 aliphatic carbocycles. The highest BCUT2D eigenvalue weighted by Crippen LogP contribution is 2.40. The van der Waals surface area contributed by atoms with E-state index in [0.29, 0.717) is 16.0 Å². The fourth-order valence-corrected chi connectivity index (χ4v) is 2.06. The van der Waals surface area contributed by atoms with Gasteiger partial charge in [-0.3, -0.25) is 0 Å². The first-order chi connectivity index (χ1) is 7.93. The zero-order valence-corrected chi connectivity index (χ0v) is 11.2. The van der Waals surface area contributed by atoms with Crippen LogP contribution in [0.4, 0.5) is 0 Å². The Balaban J connectivity index is 3.47. The number of rotatable bonds is 4. The van der Waals surface area contributed by atoms with E-state index in [1.807, 2.05) is 0 Å². The maximum atomic E-state index is 10.8. The maximum Gasteiger partial charge on any atom is 0.337 e. The molecule has 0 fully saturated rings. The van der Waals surface area contributed by atoms with Crippen molar-refractivity contribution in [3.63, 3.8) is 0 Å². The molecule has 0 bridgehead atoms. The van der Waals surface area contributed by atoms with E-state index in [4.69, 9.17) is 14.6 Å². The largest absolute Gasteiger partial charge is 0.496 e. The molecule has 0 heterocycles. The summed E-state index contributed by atoms with van der Waals surface area (Å²) in [7, 11) is 2.88. The van der Waals surface area contributed by atoms with Crippen molar-refractivity contribution in [2.45, 2.75) is 13.0 Å². The normalized spacial score (nSPS) is 12.1. The van der Waals surface area contributed by atoms with Gasteiger partial charge in [-0.25, -0.2) is 4.79 Å². The molecule has 0 saturated carbocycles. The second-order valence-corrected chi connectivity index (χ2v) is 4.17. The van der Waals surface area contributed by atoms with Gasteiger partial charge in [-0.1, -0.05) is 0 Å². The third-order valence-corrected chi connectivity index (χ3v) is 3.35. The monoisotopic (exact) mass is 304 g/mol. The predicted molar refractivity (Wildman–Crippen MR) is 64.6 cm³/mol. The Morgan fingerprint density at radius 1 is 1.41 bits per heavy atom. The number of benzene rings is 1. The fourth-order valence-electron chi connectivity index (χ4n) is 1.48. The molecule has 2 N–H and O–H groups in total. The van der Waals surface area contributed by atoms with Crippen LogP contribution in [0.2, 0.25) is 0 Å². The molecule has 0 radical (unpaired) electrons. The molecule has 0 aliphatic rings. The number of aliphatic hydroxyl groups excluding tert-OH is 1. The number of hydrogen-bond donors (Lipinski definition) is 2. The lowest BCUT2D eigenvalue weighted by Gasteiger charge is -2.17. The van der Waals surface area contributed by atoms with Crippen molar-refractivity contribution in [2.75, 3.05) is 14.2 Å². The molecule has 5 nitrogen and oxygen atoms in total. The Labute approximate surface area is 107 Å². The summed E-state index contributed by atoms with van der Waals surface area (Å²) in [4.78, 5) is 10.8. The number of hydrogen-bond acceptors (Lipinski definition) is 4. The van der Waals surface area contributed by atoms with Crippen LogP contribution in [0.25, 0.3) is 0 Å². The van der Waals surface area contributed by atoms with Gasteiger partial charge in [0.15, 0.2) is 6.10 Å². The SMILES string of the molecule is COc1cc(C(O)C(=O)O)c(OC)c(Br)c1C. The minimum absolute atomic E-state index is 0.148. The van der Waals surface area contributed by atoms with Gasteiger partial charge in [0.1, 0.15) is 11.5 Å². The van der Waals surface area contributed by atoms with Crippen LogP contribution in [0.3, 0.4) is 0 Å². The molecule has 6 heteroatoms. The van der Waals surface area contributed by atoms with Crippen LogP contribution in [0.1, 0.15) is 17.2 Å². The molecule has 1 unspecified atom stereocenters. The average molecular weight is 305 g/mol. The van der Waals surface area contributed by atoms with Crippen molar-refractivity contribution in [3.05, 3.63) is 21.7 Å². The summed E-state index contributed by atoms with van der Waals surface area (Å²) in [6.07, 6.45) is -1.66. The van der Waals surface area contributed by atoms with E-state index in [1.54, 1.807) is 6.92 Å². The minimum Gasteiger partial charge on any atom is -0.496 e. The first-order valence-corrected chi connectivity index (χ1v) is 5.55. The number of carboxylic acids is 1. The molecule has 0 saturated heterocycles. The Bertz CT molecular complexity index is 444. The second kappa shape index (κ2) is 5.37. The summed E-state index contributed by atoms with van der Waals surface area (Å²) >= 11 is 3.29. The highest BCUT2D eigenvalue weighted by Gasteiger charge is 2.24. The topological polar surface area (TPSA) is 76.0 Å². The lowest BCUT2D eigenvalue weighted by atomic mass is 10.0. The van der Waals surface area contributed by atoms with E-state index in [-0.39, 0.29) is 5.56 Å². The molecule has 0 amide bonds. The van der Waals surface area contributed by atoms with Crippen molar-refractivity contribution in [1.29, 1.82) is 0 Å². The van der Waals surface area contributed by atoms with Gasteiger partial charge in [-0.05, 0) is 28.9 Å². The lowest BCUT2D eigenvalue weighted by Crippen LogP contribution is -2.12. The van der Waals surface area contributed by atoms with Gasteiger partial charge in [0.05, 0.1) is 18.7 Å². The van der Waals surface area contributed by atoms with Gasteiger partial charge >= 0.3 is 5.97 Å². The Kier molecular flexibility index (Phi) is 4.36. The summed E-state index contributed by atoms with van der Waals surface area (Å²) < 4.78 is 10.8. The summed E-state index contributed by atoms with van der Waals surface area (Å²) in [5.41, 5.74) is 0.917. The quantitative estimate of drug-likeness (QED) is 0.888. The fraction of sp³-hybridized carbons (Fsp3) is 0.364. The standard InChI is InChI=1S/C11H13BrO5/c1-5-7(16-2)4-6(9(13)11(14)15)10(17-3)8(5)12/h4,9,13H,1-3H3,(H,14,15). The van der Waals surface area contributed by atoms with Gasteiger partial charge in [0, 0.05) is 11.1 Å². The Hall–Kier alpha value is -1.27. The Morgan fingerprint density at radius 2 is 2.00 bits per heavy atom. The smallest absolute Gasteiger partial charge is 0.337 e. The van der Waals surface area contributed by atoms with E-state index >= 15 is 0 Å². The van der Waals surface area contributed by atoms with Gasteiger partial charge < -0.3 is 19.7 Å². The number of halogens is 1. The molecule has 1 aromatic carbocycles. The van der Waals surface area contributed by atoms with Crippen LogP contribution in [-0.2, 0) is 4.79 Å². The van der Waals surface area contributed by atoms with Crippen molar-refractivity contribution in [2.24, 2.45) is 0 Å². The molecule has 0 spiro atoms. The summed E-state index contributed by atoms with van der Waals surface area (Å²) in [6, 6.07) is 1.46. The molecule has 94 valence electrons. The van der Waals surface area contributed by atoms with Gasteiger partial charge in [0.25, 0.3) is 0 Å². The van der Waals surface area contributed by atoms with E-state index in [0.717, 1.165) is 5.56 Å². The van der Waals surface area contributed by atoms with E-state index in [1.165, 1.54) is 20.3 Å². The number of carboxylic acid groups (broad SMARTS) is 1. The van der Waals surface area contributed by atoms with Crippen LogP contribution in [0.15, 0.2) is 10.5 Å². The van der Waals surface area contributed by atoms with Gasteiger partial charge in [-0.15, -0.1) is 0 Å².